The molecule has 9 rings (SSSR count). The maximum Gasteiger partial charge on any atom is 0.271 e. The van der Waals surface area contributed by atoms with Crippen LogP contribution in [0.5, 0.6) is 0 Å². The van der Waals surface area contributed by atoms with Crippen molar-refractivity contribution in [2.45, 2.75) is 43.3 Å². The average Bonchev–Trinajstić information content (AvgIpc) is 4.07. The highest BCUT2D eigenvalue weighted by atomic mass is 35.5. The normalized spacial score (nSPS) is 15.9. The Morgan fingerprint density at radius 2 is 1.26 bits per heavy atom. The summed E-state index contributed by atoms with van der Waals surface area (Å²) in [5, 5.41) is 8.73. The molecule has 58 heavy (non-hydrogen) atoms. The van der Waals surface area contributed by atoms with Gasteiger partial charge >= 0.3 is 0 Å². The van der Waals surface area contributed by atoms with Crippen molar-refractivity contribution in [2.75, 3.05) is 23.9 Å². The molecule has 0 N–H and O–H groups in total. The first kappa shape index (κ1) is 40.6. The highest BCUT2D eigenvalue weighted by molar-refractivity contribution is 8.09. The lowest BCUT2D eigenvalue weighted by atomic mass is 10.2. The largest absolute Gasteiger partial charge is 0.336 e. The highest BCUT2D eigenvalue weighted by Crippen LogP contribution is 2.49. The summed E-state index contributed by atoms with van der Waals surface area (Å²) in [7, 11) is 5.81. The van der Waals surface area contributed by atoms with Gasteiger partial charge in [0.2, 0.25) is 0 Å². The molecule has 0 atom stereocenters. The van der Waals surface area contributed by atoms with Crippen molar-refractivity contribution in [2.24, 2.45) is 7.05 Å². The van der Waals surface area contributed by atoms with Crippen LogP contribution < -0.4 is 48.4 Å². The van der Waals surface area contributed by atoms with E-state index in [-0.39, 0.29) is 16.9 Å². The molecule has 0 spiro atoms. The molecule has 0 amide bonds. The Bertz CT molecular complexity index is 3060. The Morgan fingerprint density at radius 1 is 0.707 bits per heavy atom. The summed E-state index contributed by atoms with van der Waals surface area (Å²) in [6, 6.07) is 21.2. The van der Waals surface area contributed by atoms with Gasteiger partial charge in [-0.15, -0.1) is 22.7 Å². The first-order chi connectivity index (χ1) is 28.1. The van der Waals surface area contributed by atoms with Gasteiger partial charge in [-0.2, -0.15) is 9.13 Å². The van der Waals surface area contributed by atoms with E-state index in [1.54, 1.807) is 61.3 Å². The van der Waals surface area contributed by atoms with Gasteiger partial charge in [-0.1, -0.05) is 100 Å². The van der Waals surface area contributed by atoms with Crippen molar-refractivity contribution in [3.8, 4) is 0 Å². The minimum absolute atomic E-state index is 0.0301. The number of hydrogen-bond acceptors (Lipinski definition) is 10. The lowest BCUT2D eigenvalue weighted by Crippen LogP contribution is -2.36. The van der Waals surface area contributed by atoms with Crippen molar-refractivity contribution in [3.63, 3.8) is 0 Å². The molecule has 0 radical (unpaired) electrons. The van der Waals surface area contributed by atoms with E-state index in [9.17, 15) is 14.0 Å². The summed E-state index contributed by atoms with van der Waals surface area (Å²) in [4.78, 5) is 32.1. The maximum atomic E-state index is 14.4. The van der Waals surface area contributed by atoms with E-state index in [0.29, 0.717) is 28.3 Å². The minimum atomic E-state index is -0.271. The van der Waals surface area contributed by atoms with E-state index < -0.39 is 0 Å². The highest BCUT2D eigenvalue weighted by Gasteiger charge is 2.29. The van der Waals surface area contributed by atoms with Crippen LogP contribution in [-0.4, -0.2) is 23.2 Å². The molecule has 0 fully saturated rings. The standard InChI is InChI=1S/C24H21FN3OS3.C18H17ClN3OS3/c1-3-28-20(14-19-27(12-13-30-19)15-16-8-5-4-6-9-16)32-22(23(28)29)24-26(2)21-17(25)10-7-11-18(21)31-24;1-4-22-14(10-13-20(2)8-9-24-13)26-16(17(22)23)18-21(3)15-11(19)6-5-7-12(15)25-18/h4-14H,3,15H2,1-2H3;5-10H,4H2,1-3H3/q2*+1/b24-22+;18-16+. The summed E-state index contributed by atoms with van der Waals surface area (Å²) < 4.78 is 25.6. The van der Waals surface area contributed by atoms with Crippen LogP contribution >= 0.6 is 80.5 Å². The third-order valence-corrected chi connectivity index (χ3v) is 16.7. The predicted molar refractivity (Wildman–Crippen MR) is 243 cm³/mol. The monoisotopic (exact) mass is 904 g/mol. The molecular formula is C42H38ClFN6O2S6+2. The number of benzene rings is 3. The SMILES string of the molecule is CCn1c(=O)/c(=C2\Sc3cccc(Cl)c3N2C)s/c1=C\c1scc[n+]1C.CCn1c(=O)/c(=C2\Sc3cccc(F)c3N2C)s/c1=C\c1scc[n+]1Cc1ccccc1. The van der Waals surface area contributed by atoms with Gasteiger partial charge in [0.1, 0.15) is 41.3 Å². The summed E-state index contributed by atoms with van der Waals surface area (Å²) >= 11 is 15.8. The molecule has 8 nitrogen and oxygen atoms in total. The third kappa shape index (κ3) is 7.69. The van der Waals surface area contributed by atoms with E-state index in [1.807, 2.05) is 98.5 Å². The average molecular weight is 906 g/mol. The van der Waals surface area contributed by atoms with Gasteiger partial charge in [0.25, 0.3) is 21.1 Å². The molecule has 296 valence electrons. The van der Waals surface area contributed by atoms with Crippen molar-refractivity contribution in [3.05, 3.63) is 155 Å². The van der Waals surface area contributed by atoms with Crippen LogP contribution in [0.25, 0.3) is 22.2 Å². The first-order valence-corrected chi connectivity index (χ1v) is 23.7. The smallest absolute Gasteiger partial charge is 0.271 e. The Balaban J connectivity index is 0.000000165. The Kier molecular flexibility index (Phi) is 12.0. The molecule has 0 bridgehead atoms. The maximum absolute atomic E-state index is 14.4. The number of thioether (sulfide) groups is 2. The van der Waals surface area contributed by atoms with Crippen LogP contribution in [-0.2, 0) is 26.7 Å². The molecule has 0 aliphatic carbocycles. The fourth-order valence-electron chi connectivity index (χ4n) is 6.73. The van der Waals surface area contributed by atoms with Crippen molar-refractivity contribution in [1.29, 1.82) is 0 Å². The molecule has 0 unspecified atom stereocenters. The fourth-order valence-corrected chi connectivity index (χ4v) is 13.8. The number of para-hydroxylation sites is 2. The van der Waals surface area contributed by atoms with E-state index in [2.05, 4.69) is 45.0 Å². The number of aromatic nitrogens is 4. The third-order valence-electron chi connectivity index (χ3n) is 9.66. The van der Waals surface area contributed by atoms with E-state index in [0.717, 1.165) is 56.0 Å². The summed E-state index contributed by atoms with van der Waals surface area (Å²) in [6.45, 7) is 5.98. The van der Waals surface area contributed by atoms with Gasteiger partial charge in [-0.25, -0.2) is 4.39 Å². The number of halogens is 2. The number of aryl methyl sites for hydroxylation is 1. The summed E-state index contributed by atoms with van der Waals surface area (Å²) in [5.74, 6) is -0.271. The van der Waals surface area contributed by atoms with Crippen LogP contribution in [0.2, 0.25) is 5.02 Å². The number of nitrogens with zero attached hydrogens (tertiary/aromatic N) is 6. The van der Waals surface area contributed by atoms with Crippen molar-refractivity contribution in [1.82, 2.24) is 9.13 Å². The predicted octanol–water partition coefficient (Wildman–Crippen LogP) is 6.21. The van der Waals surface area contributed by atoms with Crippen LogP contribution in [0, 0.1) is 5.82 Å². The van der Waals surface area contributed by atoms with Gasteiger partial charge in [0.15, 0.2) is 18.9 Å². The second kappa shape index (κ2) is 17.2. The van der Waals surface area contributed by atoms with Crippen LogP contribution in [0.1, 0.15) is 29.4 Å². The Morgan fingerprint density at radius 3 is 1.83 bits per heavy atom. The molecule has 7 aromatic rings. The number of thiazole rings is 4. The second-order valence-corrected chi connectivity index (χ2v) is 19.6. The molecule has 3 aromatic carbocycles. The van der Waals surface area contributed by atoms with Crippen LogP contribution in [0.4, 0.5) is 15.8 Å². The van der Waals surface area contributed by atoms with Gasteiger partial charge in [-0.3, -0.25) is 18.7 Å². The van der Waals surface area contributed by atoms with Gasteiger partial charge in [-0.05, 0) is 38.1 Å². The molecular weight excluding hydrogens is 867 g/mol. The molecule has 2 aliphatic heterocycles. The molecule has 4 aromatic heterocycles. The van der Waals surface area contributed by atoms with E-state index in [1.165, 1.54) is 34.7 Å². The molecule has 6 heterocycles. The lowest BCUT2D eigenvalue weighted by molar-refractivity contribution is -0.685. The second-order valence-electron chi connectivity index (χ2n) is 13.2. The minimum Gasteiger partial charge on any atom is -0.336 e. The van der Waals surface area contributed by atoms with Gasteiger partial charge in [0.05, 0.1) is 39.3 Å². The lowest BCUT2D eigenvalue weighted by Gasteiger charge is -2.13. The number of hydrogen-bond donors (Lipinski definition) is 0. The Hall–Kier alpha value is -4.22. The molecule has 16 heteroatoms. The van der Waals surface area contributed by atoms with E-state index in [4.69, 9.17) is 11.6 Å². The topological polar surface area (TPSA) is 58.2 Å². The summed E-state index contributed by atoms with van der Waals surface area (Å²) in [6.07, 6.45) is 8.26. The van der Waals surface area contributed by atoms with E-state index >= 15 is 0 Å². The number of rotatable bonds is 6. The number of fused-ring (bicyclic) bond motifs is 2. The zero-order valence-electron chi connectivity index (χ0n) is 32.1. The molecule has 0 saturated heterocycles. The molecule has 2 aliphatic rings. The first-order valence-electron chi connectivity index (χ1n) is 18.3. The van der Waals surface area contributed by atoms with Crippen LogP contribution in [0.3, 0.4) is 0 Å². The van der Waals surface area contributed by atoms with Gasteiger partial charge < -0.3 is 9.80 Å². The summed E-state index contributed by atoms with van der Waals surface area (Å²) in [5.41, 5.74) is 2.76. The fraction of sp³-hybridized carbons (Fsp3) is 0.190. The van der Waals surface area contributed by atoms with Crippen molar-refractivity contribution >= 4 is 114 Å². The quantitative estimate of drug-likeness (QED) is 0.185. The zero-order valence-corrected chi connectivity index (χ0v) is 37.8. The molecule has 0 saturated carbocycles. The number of anilines is 2. The van der Waals surface area contributed by atoms with Crippen molar-refractivity contribution < 1.29 is 13.5 Å². The van der Waals surface area contributed by atoms with Crippen LogP contribution in [0.15, 0.2) is 109 Å². The Labute approximate surface area is 363 Å². The van der Waals surface area contributed by atoms with Gasteiger partial charge in [0, 0.05) is 42.5 Å². The zero-order chi connectivity index (χ0) is 40.7.